The third-order valence-corrected chi connectivity index (χ3v) is 4.11. The van der Waals surface area contributed by atoms with Crippen LogP contribution in [0.15, 0.2) is 18.2 Å². The molecular formula is C11H12ClNOS. The molecule has 1 aromatic carbocycles. The van der Waals surface area contributed by atoms with E-state index in [1.54, 1.807) is 30.0 Å². The van der Waals surface area contributed by atoms with Gasteiger partial charge in [0.2, 0.25) is 0 Å². The van der Waals surface area contributed by atoms with Crippen molar-refractivity contribution in [3.63, 3.8) is 0 Å². The van der Waals surface area contributed by atoms with Crippen molar-refractivity contribution in [2.45, 2.75) is 18.1 Å². The summed E-state index contributed by atoms with van der Waals surface area (Å²) in [4.78, 5) is 12.0. The highest BCUT2D eigenvalue weighted by atomic mass is 35.5. The monoisotopic (exact) mass is 241 g/mol. The van der Waals surface area contributed by atoms with E-state index < -0.39 is 0 Å². The minimum absolute atomic E-state index is 0.0912. The molecule has 0 bridgehead atoms. The van der Waals surface area contributed by atoms with Crippen LogP contribution < -0.4 is 5.73 Å². The molecule has 0 aliphatic carbocycles. The molecule has 2 rings (SSSR count). The SMILES string of the molecule is Nc1cc(Cl)ccc1C(=O)C1CCCS1. The molecule has 15 heavy (non-hydrogen) atoms. The number of nitrogen functional groups attached to an aromatic ring is 1. The van der Waals surface area contributed by atoms with Crippen LogP contribution in [0.1, 0.15) is 23.2 Å². The van der Waals surface area contributed by atoms with Crippen molar-refractivity contribution in [3.8, 4) is 0 Å². The van der Waals surface area contributed by atoms with E-state index >= 15 is 0 Å². The quantitative estimate of drug-likeness (QED) is 0.640. The van der Waals surface area contributed by atoms with Crippen LogP contribution in [0.3, 0.4) is 0 Å². The first-order valence-electron chi connectivity index (χ1n) is 4.89. The smallest absolute Gasteiger partial charge is 0.177 e. The van der Waals surface area contributed by atoms with Gasteiger partial charge in [-0.2, -0.15) is 11.8 Å². The first-order valence-corrected chi connectivity index (χ1v) is 6.32. The van der Waals surface area contributed by atoms with E-state index in [1.807, 2.05) is 0 Å². The maximum Gasteiger partial charge on any atom is 0.177 e. The molecular weight excluding hydrogens is 230 g/mol. The van der Waals surface area contributed by atoms with E-state index in [2.05, 4.69) is 0 Å². The summed E-state index contributed by atoms with van der Waals surface area (Å²) >= 11 is 7.50. The van der Waals surface area contributed by atoms with Gasteiger partial charge in [0.05, 0.1) is 5.25 Å². The average Bonchev–Trinajstić information content (AvgIpc) is 2.69. The van der Waals surface area contributed by atoms with E-state index in [9.17, 15) is 4.79 Å². The van der Waals surface area contributed by atoms with Crippen molar-refractivity contribution in [3.05, 3.63) is 28.8 Å². The lowest BCUT2D eigenvalue weighted by atomic mass is 10.0. The fourth-order valence-corrected chi connectivity index (χ4v) is 3.13. The second-order valence-corrected chi connectivity index (χ2v) is 5.34. The fourth-order valence-electron chi connectivity index (χ4n) is 1.72. The van der Waals surface area contributed by atoms with Crippen molar-refractivity contribution < 1.29 is 4.79 Å². The summed E-state index contributed by atoms with van der Waals surface area (Å²) < 4.78 is 0. The second kappa shape index (κ2) is 4.45. The van der Waals surface area contributed by atoms with E-state index in [-0.39, 0.29) is 11.0 Å². The number of anilines is 1. The Kier molecular flexibility index (Phi) is 3.22. The number of thioether (sulfide) groups is 1. The van der Waals surface area contributed by atoms with Gasteiger partial charge in [0, 0.05) is 16.3 Å². The zero-order valence-corrected chi connectivity index (χ0v) is 9.77. The largest absolute Gasteiger partial charge is 0.398 e. The Morgan fingerprint density at radius 3 is 2.93 bits per heavy atom. The molecule has 2 N–H and O–H groups in total. The number of ketones is 1. The molecule has 1 aliphatic heterocycles. The van der Waals surface area contributed by atoms with E-state index in [0.717, 1.165) is 18.6 Å². The van der Waals surface area contributed by atoms with Crippen LogP contribution in [0.5, 0.6) is 0 Å². The lowest BCUT2D eigenvalue weighted by molar-refractivity contribution is 0.0989. The van der Waals surface area contributed by atoms with Crippen LogP contribution in [0.25, 0.3) is 0 Å². The van der Waals surface area contributed by atoms with Gasteiger partial charge in [-0.05, 0) is 36.8 Å². The first kappa shape index (κ1) is 10.8. The number of rotatable bonds is 2. The Balaban J connectivity index is 2.24. The van der Waals surface area contributed by atoms with Gasteiger partial charge < -0.3 is 5.73 Å². The molecule has 2 nitrogen and oxygen atoms in total. The lowest BCUT2D eigenvalue weighted by Crippen LogP contribution is -2.15. The second-order valence-electron chi connectivity index (χ2n) is 3.60. The molecule has 1 aliphatic rings. The van der Waals surface area contributed by atoms with Crippen LogP contribution in [0.2, 0.25) is 5.02 Å². The highest BCUT2D eigenvalue weighted by Gasteiger charge is 2.25. The number of hydrogen-bond donors (Lipinski definition) is 1. The number of Topliss-reactive ketones (excluding diaryl/α,β-unsaturated/α-hetero) is 1. The topological polar surface area (TPSA) is 43.1 Å². The Morgan fingerprint density at radius 2 is 2.33 bits per heavy atom. The molecule has 1 unspecified atom stereocenters. The summed E-state index contributed by atoms with van der Waals surface area (Å²) in [6.45, 7) is 0. The van der Waals surface area contributed by atoms with Crippen LogP contribution in [-0.2, 0) is 0 Å². The van der Waals surface area contributed by atoms with E-state index in [0.29, 0.717) is 16.3 Å². The Bertz CT molecular complexity index is 388. The van der Waals surface area contributed by atoms with Gasteiger partial charge in [-0.1, -0.05) is 11.6 Å². The third-order valence-electron chi connectivity index (χ3n) is 2.50. The predicted octanol–water partition coefficient (Wildman–Crippen LogP) is 3.00. The van der Waals surface area contributed by atoms with Crippen molar-refractivity contribution in [1.82, 2.24) is 0 Å². The molecule has 0 amide bonds. The molecule has 0 aromatic heterocycles. The molecule has 80 valence electrons. The summed E-state index contributed by atoms with van der Waals surface area (Å²) in [7, 11) is 0. The first-order chi connectivity index (χ1) is 7.18. The van der Waals surface area contributed by atoms with Gasteiger partial charge in [0.15, 0.2) is 5.78 Å². The van der Waals surface area contributed by atoms with Gasteiger partial charge in [-0.25, -0.2) is 0 Å². The number of carbonyl (C=O) groups is 1. The van der Waals surface area contributed by atoms with Crippen LogP contribution in [0.4, 0.5) is 5.69 Å². The maximum atomic E-state index is 12.0. The van der Waals surface area contributed by atoms with Gasteiger partial charge in [0.1, 0.15) is 0 Å². The van der Waals surface area contributed by atoms with Crippen molar-refractivity contribution in [2.75, 3.05) is 11.5 Å². The lowest BCUT2D eigenvalue weighted by Gasteiger charge is -2.09. The molecule has 0 saturated carbocycles. The van der Waals surface area contributed by atoms with Gasteiger partial charge >= 0.3 is 0 Å². The van der Waals surface area contributed by atoms with Gasteiger partial charge in [-0.3, -0.25) is 4.79 Å². The van der Waals surface area contributed by atoms with Crippen molar-refractivity contribution in [1.29, 1.82) is 0 Å². The number of nitrogens with two attached hydrogens (primary N) is 1. The highest BCUT2D eigenvalue weighted by molar-refractivity contribution is 8.00. The van der Waals surface area contributed by atoms with Crippen molar-refractivity contribution in [2.24, 2.45) is 0 Å². The molecule has 0 radical (unpaired) electrons. The molecule has 1 heterocycles. The summed E-state index contributed by atoms with van der Waals surface area (Å²) in [6, 6.07) is 5.07. The number of benzene rings is 1. The molecule has 4 heteroatoms. The number of hydrogen-bond acceptors (Lipinski definition) is 3. The predicted molar refractivity (Wildman–Crippen MR) is 65.7 cm³/mol. The number of carbonyl (C=O) groups excluding carboxylic acids is 1. The Labute approximate surface area is 98.2 Å². The van der Waals surface area contributed by atoms with E-state index in [4.69, 9.17) is 17.3 Å². The summed E-state index contributed by atoms with van der Waals surface area (Å²) in [6.07, 6.45) is 2.08. The minimum Gasteiger partial charge on any atom is -0.398 e. The third kappa shape index (κ3) is 2.29. The Morgan fingerprint density at radius 1 is 1.53 bits per heavy atom. The zero-order valence-electron chi connectivity index (χ0n) is 8.20. The molecule has 1 atom stereocenters. The molecule has 1 fully saturated rings. The summed E-state index contributed by atoms with van der Waals surface area (Å²) in [5.41, 5.74) is 6.87. The zero-order chi connectivity index (χ0) is 10.8. The molecule has 1 aromatic rings. The summed E-state index contributed by atoms with van der Waals surface area (Å²) in [5, 5.41) is 0.664. The molecule has 1 saturated heterocycles. The number of halogens is 1. The summed E-state index contributed by atoms with van der Waals surface area (Å²) in [5.74, 6) is 1.22. The van der Waals surface area contributed by atoms with Crippen molar-refractivity contribution >= 4 is 34.8 Å². The highest BCUT2D eigenvalue weighted by Crippen LogP contribution is 2.31. The minimum atomic E-state index is 0.0912. The maximum absolute atomic E-state index is 12.0. The molecule has 0 spiro atoms. The van der Waals surface area contributed by atoms with Crippen LogP contribution >= 0.6 is 23.4 Å². The average molecular weight is 242 g/mol. The van der Waals surface area contributed by atoms with Gasteiger partial charge in [0.25, 0.3) is 0 Å². The van der Waals surface area contributed by atoms with Gasteiger partial charge in [-0.15, -0.1) is 0 Å². The fraction of sp³-hybridized carbons (Fsp3) is 0.364. The van der Waals surface area contributed by atoms with E-state index in [1.165, 1.54) is 0 Å². The van der Waals surface area contributed by atoms with Crippen LogP contribution in [-0.4, -0.2) is 16.8 Å². The standard InChI is InChI=1S/C11H12ClNOS/c12-7-3-4-8(9(13)6-7)11(14)10-2-1-5-15-10/h3-4,6,10H,1-2,5,13H2. The van der Waals surface area contributed by atoms with Crippen LogP contribution in [0, 0.1) is 0 Å². The Hall–Kier alpha value is -0.670. The normalized spacial score (nSPS) is 20.5.